The molecular formula is C15H14FN3O2. The second kappa shape index (κ2) is 6.51. The number of anilines is 1. The Balaban J connectivity index is 1.88. The minimum absolute atomic E-state index is 0.117. The number of carbonyl (C=O) groups is 2. The van der Waals surface area contributed by atoms with Crippen LogP contribution in [0.1, 0.15) is 15.9 Å². The zero-order valence-corrected chi connectivity index (χ0v) is 11.3. The molecular weight excluding hydrogens is 273 g/mol. The van der Waals surface area contributed by atoms with Gasteiger partial charge in [-0.2, -0.15) is 0 Å². The van der Waals surface area contributed by atoms with E-state index in [9.17, 15) is 14.0 Å². The molecule has 2 rings (SSSR count). The van der Waals surface area contributed by atoms with Crippen LogP contribution in [0.2, 0.25) is 0 Å². The number of hydrogen-bond acceptors (Lipinski definition) is 2. The van der Waals surface area contributed by atoms with Gasteiger partial charge in [-0.05, 0) is 42.8 Å². The predicted octanol–water partition coefficient (Wildman–Crippen LogP) is 2.60. The minimum Gasteiger partial charge on any atom is -0.307 e. The highest BCUT2D eigenvalue weighted by atomic mass is 19.1. The van der Waals surface area contributed by atoms with E-state index in [-0.39, 0.29) is 5.56 Å². The first-order valence-electron chi connectivity index (χ1n) is 6.24. The predicted molar refractivity (Wildman–Crippen MR) is 77.2 cm³/mol. The lowest BCUT2D eigenvalue weighted by Crippen LogP contribution is -2.43. The average molecular weight is 287 g/mol. The maximum atomic E-state index is 13.0. The first-order chi connectivity index (χ1) is 10.0. The van der Waals surface area contributed by atoms with Crippen molar-refractivity contribution < 1.29 is 14.0 Å². The van der Waals surface area contributed by atoms with Crippen LogP contribution in [0.15, 0.2) is 48.5 Å². The number of urea groups is 1. The Kier molecular flexibility index (Phi) is 4.50. The lowest BCUT2D eigenvalue weighted by molar-refractivity contribution is 0.0937. The van der Waals surface area contributed by atoms with Crippen molar-refractivity contribution in [2.45, 2.75) is 6.92 Å². The quantitative estimate of drug-likeness (QED) is 0.743. The SMILES string of the molecule is Cc1cccc(NC(=O)NNC(=O)c2cccc(F)c2)c1. The van der Waals surface area contributed by atoms with Crippen molar-refractivity contribution in [3.63, 3.8) is 0 Å². The standard InChI is InChI=1S/C15H14FN3O2/c1-10-4-2-7-13(8-10)17-15(21)19-18-14(20)11-5-3-6-12(16)9-11/h2-9H,1H3,(H,18,20)(H2,17,19,21). The van der Waals surface area contributed by atoms with Gasteiger partial charge in [0.05, 0.1) is 0 Å². The molecule has 0 unspecified atom stereocenters. The lowest BCUT2D eigenvalue weighted by atomic mass is 10.2. The zero-order chi connectivity index (χ0) is 15.2. The summed E-state index contributed by atoms with van der Waals surface area (Å²) in [5.74, 6) is -1.12. The fourth-order valence-electron chi connectivity index (χ4n) is 1.70. The molecule has 0 radical (unpaired) electrons. The Morgan fingerprint density at radius 2 is 1.76 bits per heavy atom. The van der Waals surface area contributed by atoms with Crippen molar-refractivity contribution in [3.05, 3.63) is 65.5 Å². The van der Waals surface area contributed by atoms with Crippen molar-refractivity contribution in [1.29, 1.82) is 0 Å². The fourth-order valence-corrected chi connectivity index (χ4v) is 1.70. The molecule has 0 aliphatic carbocycles. The molecule has 0 saturated carbocycles. The largest absolute Gasteiger partial charge is 0.337 e. The van der Waals surface area contributed by atoms with Crippen LogP contribution in [0.5, 0.6) is 0 Å². The highest BCUT2D eigenvalue weighted by Gasteiger charge is 2.08. The van der Waals surface area contributed by atoms with E-state index in [4.69, 9.17) is 0 Å². The molecule has 0 atom stereocenters. The summed E-state index contributed by atoms with van der Waals surface area (Å²) in [6.07, 6.45) is 0. The summed E-state index contributed by atoms with van der Waals surface area (Å²) in [4.78, 5) is 23.3. The van der Waals surface area contributed by atoms with Crippen LogP contribution >= 0.6 is 0 Å². The van der Waals surface area contributed by atoms with E-state index in [1.165, 1.54) is 18.2 Å². The molecule has 3 amide bonds. The number of aryl methyl sites for hydroxylation is 1. The van der Waals surface area contributed by atoms with Gasteiger partial charge in [0, 0.05) is 11.3 Å². The van der Waals surface area contributed by atoms with E-state index in [0.717, 1.165) is 11.6 Å². The van der Waals surface area contributed by atoms with Crippen LogP contribution in [-0.4, -0.2) is 11.9 Å². The summed E-state index contributed by atoms with van der Waals surface area (Å²) < 4.78 is 13.0. The molecule has 5 nitrogen and oxygen atoms in total. The van der Waals surface area contributed by atoms with Crippen molar-refractivity contribution in [2.75, 3.05) is 5.32 Å². The summed E-state index contributed by atoms with van der Waals surface area (Å²) in [6, 6.07) is 11.8. The molecule has 6 heteroatoms. The normalized spacial score (nSPS) is 9.81. The minimum atomic E-state index is -0.603. The zero-order valence-electron chi connectivity index (χ0n) is 11.3. The van der Waals surface area contributed by atoms with Crippen LogP contribution < -0.4 is 16.2 Å². The first-order valence-corrected chi connectivity index (χ1v) is 6.24. The van der Waals surface area contributed by atoms with E-state index in [1.54, 1.807) is 18.2 Å². The number of benzene rings is 2. The number of rotatable bonds is 2. The molecule has 0 fully saturated rings. The molecule has 2 aromatic carbocycles. The van der Waals surface area contributed by atoms with E-state index in [1.807, 2.05) is 13.0 Å². The van der Waals surface area contributed by atoms with E-state index in [0.29, 0.717) is 5.69 Å². The van der Waals surface area contributed by atoms with Gasteiger partial charge in [0.2, 0.25) is 0 Å². The third-order valence-corrected chi connectivity index (χ3v) is 2.65. The number of hydrazine groups is 1. The van der Waals surface area contributed by atoms with Crippen molar-refractivity contribution >= 4 is 17.6 Å². The van der Waals surface area contributed by atoms with Crippen LogP contribution in [0.4, 0.5) is 14.9 Å². The Hall–Kier alpha value is -2.89. The first kappa shape index (κ1) is 14.5. The van der Waals surface area contributed by atoms with E-state index in [2.05, 4.69) is 16.2 Å². The van der Waals surface area contributed by atoms with Gasteiger partial charge in [0.25, 0.3) is 5.91 Å². The van der Waals surface area contributed by atoms with Crippen LogP contribution in [0.25, 0.3) is 0 Å². The van der Waals surface area contributed by atoms with Crippen molar-refractivity contribution in [1.82, 2.24) is 10.9 Å². The number of nitrogens with one attached hydrogen (secondary N) is 3. The van der Waals surface area contributed by atoms with E-state index >= 15 is 0 Å². The van der Waals surface area contributed by atoms with Gasteiger partial charge in [-0.1, -0.05) is 18.2 Å². The van der Waals surface area contributed by atoms with E-state index < -0.39 is 17.8 Å². The summed E-state index contributed by atoms with van der Waals surface area (Å²) in [5, 5.41) is 2.56. The highest BCUT2D eigenvalue weighted by Crippen LogP contribution is 2.08. The Morgan fingerprint density at radius 1 is 1.00 bits per heavy atom. The van der Waals surface area contributed by atoms with Gasteiger partial charge in [0.1, 0.15) is 5.82 Å². The van der Waals surface area contributed by atoms with Gasteiger partial charge < -0.3 is 5.32 Å². The molecule has 21 heavy (non-hydrogen) atoms. The molecule has 0 saturated heterocycles. The molecule has 108 valence electrons. The van der Waals surface area contributed by atoms with Gasteiger partial charge in [0.15, 0.2) is 0 Å². The maximum Gasteiger partial charge on any atom is 0.337 e. The van der Waals surface area contributed by atoms with Crippen LogP contribution in [-0.2, 0) is 0 Å². The molecule has 0 heterocycles. The number of carbonyl (C=O) groups excluding carboxylic acids is 2. The second-order valence-electron chi connectivity index (χ2n) is 4.41. The van der Waals surface area contributed by atoms with Crippen molar-refractivity contribution in [3.8, 4) is 0 Å². The molecule has 3 N–H and O–H groups in total. The highest BCUT2D eigenvalue weighted by molar-refractivity contribution is 5.97. The smallest absolute Gasteiger partial charge is 0.307 e. The summed E-state index contributed by atoms with van der Waals surface area (Å²) >= 11 is 0. The monoisotopic (exact) mass is 287 g/mol. The van der Waals surface area contributed by atoms with Gasteiger partial charge in [-0.15, -0.1) is 0 Å². The van der Waals surface area contributed by atoms with Crippen LogP contribution in [0.3, 0.4) is 0 Å². The van der Waals surface area contributed by atoms with Gasteiger partial charge >= 0.3 is 6.03 Å². The molecule has 0 spiro atoms. The lowest BCUT2D eigenvalue weighted by Gasteiger charge is -2.09. The number of halogens is 1. The second-order valence-corrected chi connectivity index (χ2v) is 4.41. The summed E-state index contributed by atoms with van der Waals surface area (Å²) in [6.45, 7) is 1.90. The molecule has 0 aromatic heterocycles. The summed E-state index contributed by atoms with van der Waals surface area (Å²) in [5.41, 5.74) is 6.11. The third-order valence-electron chi connectivity index (χ3n) is 2.65. The average Bonchev–Trinajstić information content (AvgIpc) is 2.45. The fraction of sp³-hybridized carbons (Fsp3) is 0.0667. The Labute approximate surface area is 121 Å². The third kappa shape index (κ3) is 4.31. The Morgan fingerprint density at radius 3 is 2.48 bits per heavy atom. The maximum absolute atomic E-state index is 13.0. The van der Waals surface area contributed by atoms with Gasteiger partial charge in [-0.25, -0.2) is 14.6 Å². The number of amides is 3. The van der Waals surface area contributed by atoms with Crippen molar-refractivity contribution in [2.24, 2.45) is 0 Å². The van der Waals surface area contributed by atoms with Gasteiger partial charge in [-0.3, -0.25) is 10.2 Å². The topological polar surface area (TPSA) is 70.2 Å². The summed E-state index contributed by atoms with van der Waals surface area (Å²) in [7, 11) is 0. The Bertz CT molecular complexity index is 673. The van der Waals surface area contributed by atoms with Crippen LogP contribution in [0, 0.1) is 12.7 Å². The molecule has 0 aliphatic heterocycles. The molecule has 0 aliphatic rings. The molecule has 2 aromatic rings. The number of hydrogen-bond donors (Lipinski definition) is 3. The molecule has 0 bridgehead atoms.